The molecule has 2 aromatic heterocycles. The highest BCUT2D eigenvalue weighted by molar-refractivity contribution is 5.49. The van der Waals surface area contributed by atoms with Gasteiger partial charge in [-0.25, -0.2) is 23.7 Å². The third-order valence-electron chi connectivity index (χ3n) is 5.54. The van der Waals surface area contributed by atoms with Crippen molar-refractivity contribution in [3.8, 4) is 5.88 Å². The van der Waals surface area contributed by atoms with Gasteiger partial charge < -0.3 is 20.5 Å². The lowest BCUT2D eigenvalue weighted by Gasteiger charge is -2.40. The van der Waals surface area contributed by atoms with E-state index in [1.165, 1.54) is 6.20 Å². The molecule has 188 valence electrons. The molecule has 2 atom stereocenters. The fraction of sp³-hybridized carbons (Fsp3) is 0.619. The number of alkyl halides is 5. The number of nitrogens with one attached hydrogen (secondary N) is 2. The van der Waals surface area contributed by atoms with E-state index in [0.29, 0.717) is 37.9 Å². The second kappa shape index (κ2) is 9.80. The molecule has 1 aliphatic rings. The molecule has 8 nitrogen and oxygen atoms in total. The summed E-state index contributed by atoms with van der Waals surface area (Å²) in [7, 11) is 0. The molecule has 3 rings (SSSR count). The highest BCUT2D eigenvalue weighted by Crippen LogP contribution is 2.39. The third-order valence-corrected chi connectivity index (χ3v) is 5.54. The molecule has 1 saturated carbocycles. The van der Waals surface area contributed by atoms with Crippen molar-refractivity contribution in [3.63, 3.8) is 0 Å². The molecular formula is C21H27F5N6O2. The van der Waals surface area contributed by atoms with Crippen molar-refractivity contribution in [3.05, 3.63) is 29.8 Å². The zero-order valence-corrected chi connectivity index (χ0v) is 19.0. The number of nitrogens with zero attached hydrogens (tertiary/aromatic N) is 4. The van der Waals surface area contributed by atoms with E-state index in [4.69, 9.17) is 4.74 Å². The zero-order valence-electron chi connectivity index (χ0n) is 19.0. The van der Waals surface area contributed by atoms with Gasteiger partial charge in [0.25, 0.3) is 5.92 Å². The summed E-state index contributed by atoms with van der Waals surface area (Å²) in [6, 6.07) is -0.319. The van der Waals surface area contributed by atoms with E-state index in [1.807, 2.05) is 13.8 Å². The number of halogens is 5. The standard InChI is InChI=1S/C21H27F5N6O2/c1-19(2)6-13(4-5-15(19)33)31-16-14(21(24,25)26)9-29-18(32-16)28-8-12-7-27-11-30-17(12)34-10-20(3,22)23/h7,9,11,13,15,33H,4-6,8,10H2,1-3H3,(H2,28,29,31,32)/t13-,15+/m1/s1. The van der Waals surface area contributed by atoms with Crippen LogP contribution in [0, 0.1) is 5.41 Å². The lowest BCUT2D eigenvalue weighted by molar-refractivity contribution is -0.137. The summed E-state index contributed by atoms with van der Waals surface area (Å²) >= 11 is 0. The highest BCUT2D eigenvalue weighted by atomic mass is 19.4. The second-order valence-corrected chi connectivity index (χ2v) is 9.15. The summed E-state index contributed by atoms with van der Waals surface area (Å²) in [4.78, 5) is 15.4. The molecule has 0 spiro atoms. The molecule has 0 unspecified atom stereocenters. The van der Waals surface area contributed by atoms with Crippen LogP contribution in [0.3, 0.4) is 0 Å². The van der Waals surface area contributed by atoms with E-state index in [0.717, 1.165) is 6.33 Å². The minimum absolute atomic E-state index is 0.0705. The molecular weight excluding hydrogens is 463 g/mol. The first kappa shape index (κ1) is 25.8. The summed E-state index contributed by atoms with van der Waals surface area (Å²) in [5.41, 5.74) is -1.17. The van der Waals surface area contributed by atoms with Crippen LogP contribution < -0.4 is 15.4 Å². The molecule has 0 aromatic carbocycles. The molecule has 0 aliphatic heterocycles. The Morgan fingerprint density at radius 3 is 2.53 bits per heavy atom. The summed E-state index contributed by atoms with van der Waals surface area (Å²) in [5.74, 6) is -3.65. The van der Waals surface area contributed by atoms with Crippen LogP contribution in [0.25, 0.3) is 0 Å². The number of aromatic nitrogens is 4. The van der Waals surface area contributed by atoms with Crippen molar-refractivity contribution in [2.75, 3.05) is 17.2 Å². The van der Waals surface area contributed by atoms with Gasteiger partial charge in [-0.3, -0.25) is 0 Å². The lowest BCUT2D eigenvalue weighted by atomic mass is 9.73. The van der Waals surface area contributed by atoms with Gasteiger partial charge in [-0.1, -0.05) is 13.8 Å². The van der Waals surface area contributed by atoms with Gasteiger partial charge in [0, 0.05) is 31.9 Å². The van der Waals surface area contributed by atoms with Crippen LogP contribution >= 0.6 is 0 Å². The predicted molar refractivity (Wildman–Crippen MR) is 114 cm³/mol. The minimum Gasteiger partial charge on any atom is -0.471 e. The maximum Gasteiger partial charge on any atom is 0.421 e. The van der Waals surface area contributed by atoms with E-state index in [9.17, 15) is 27.1 Å². The summed E-state index contributed by atoms with van der Waals surface area (Å²) in [5, 5.41) is 15.8. The Balaban J connectivity index is 1.77. The van der Waals surface area contributed by atoms with Gasteiger partial charge in [-0.05, 0) is 24.7 Å². The lowest BCUT2D eigenvalue weighted by Crippen LogP contribution is -2.41. The quantitative estimate of drug-likeness (QED) is 0.471. The van der Waals surface area contributed by atoms with E-state index in [2.05, 4.69) is 30.6 Å². The molecule has 1 fully saturated rings. The summed E-state index contributed by atoms with van der Waals surface area (Å²) in [6.07, 6.45) is -0.668. The first-order chi connectivity index (χ1) is 15.7. The van der Waals surface area contributed by atoms with Crippen molar-refractivity contribution in [2.45, 2.75) is 70.8 Å². The first-order valence-electron chi connectivity index (χ1n) is 10.7. The van der Waals surface area contributed by atoms with Gasteiger partial charge in [-0.2, -0.15) is 18.2 Å². The van der Waals surface area contributed by atoms with Gasteiger partial charge in [0.05, 0.1) is 11.7 Å². The molecule has 2 aromatic rings. The van der Waals surface area contributed by atoms with Crippen molar-refractivity contribution in [1.29, 1.82) is 0 Å². The number of hydrogen-bond donors (Lipinski definition) is 3. The number of aliphatic hydroxyl groups excluding tert-OH is 1. The number of aliphatic hydroxyl groups is 1. The fourth-order valence-electron chi connectivity index (χ4n) is 3.69. The number of ether oxygens (including phenoxy) is 1. The van der Waals surface area contributed by atoms with Crippen LogP contribution in [0.5, 0.6) is 5.88 Å². The number of hydrogen-bond acceptors (Lipinski definition) is 8. The zero-order chi connectivity index (χ0) is 25.1. The average molecular weight is 490 g/mol. The molecule has 1 aliphatic carbocycles. The smallest absolute Gasteiger partial charge is 0.421 e. The second-order valence-electron chi connectivity index (χ2n) is 9.15. The third kappa shape index (κ3) is 6.84. The van der Waals surface area contributed by atoms with Crippen LogP contribution in [0.1, 0.15) is 51.2 Å². The maximum atomic E-state index is 13.6. The van der Waals surface area contributed by atoms with Crippen molar-refractivity contribution < 1.29 is 31.8 Å². The van der Waals surface area contributed by atoms with Crippen LogP contribution in [-0.2, 0) is 12.7 Å². The topological polar surface area (TPSA) is 105 Å². The normalized spacial score (nSPS) is 20.6. The maximum absolute atomic E-state index is 13.6. The van der Waals surface area contributed by atoms with Crippen molar-refractivity contribution in [2.24, 2.45) is 5.41 Å². The Bertz CT molecular complexity index is 983. The highest BCUT2D eigenvalue weighted by Gasteiger charge is 2.39. The molecule has 2 heterocycles. The van der Waals surface area contributed by atoms with Gasteiger partial charge in [0.2, 0.25) is 11.8 Å². The number of rotatable bonds is 8. The minimum atomic E-state index is -4.68. The molecule has 0 saturated heterocycles. The Hall–Kier alpha value is -2.83. The molecule has 0 bridgehead atoms. The van der Waals surface area contributed by atoms with Crippen molar-refractivity contribution >= 4 is 11.8 Å². The van der Waals surface area contributed by atoms with Gasteiger partial charge in [0.1, 0.15) is 17.7 Å². The summed E-state index contributed by atoms with van der Waals surface area (Å²) < 4.78 is 71.9. The summed E-state index contributed by atoms with van der Waals surface area (Å²) in [6.45, 7) is 3.45. The Morgan fingerprint density at radius 1 is 1.15 bits per heavy atom. The molecule has 0 radical (unpaired) electrons. The van der Waals surface area contributed by atoms with Crippen molar-refractivity contribution in [1.82, 2.24) is 19.9 Å². The van der Waals surface area contributed by atoms with Crippen LogP contribution in [0.15, 0.2) is 18.7 Å². The van der Waals surface area contributed by atoms with E-state index < -0.39 is 35.8 Å². The van der Waals surface area contributed by atoms with E-state index in [1.54, 1.807) is 0 Å². The average Bonchev–Trinajstić information content (AvgIpc) is 2.72. The largest absolute Gasteiger partial charge is 0.471 e. The van der Waals surface area contributed by atoms with Crippen LogP contribution in [0.2, 0.25) is 0 Å². The Morgan fingerprint density at radius 2 is 1.88 bits per heavy atom. The predicted octanol–water partition coefficient (Wildman–Crippen LogP) is 4.28. The van der Waals surface area contributed by atoms with Crippen LogP contribution in [-0.4, -0.2) is 49.7 Å². The molecule has 3 N–H and O–H groups in total. The molecule has 34 heavy (non-hydrogen) atoms. The fourth-order valence-corrected chi connectivity index (χ4v) is 3.69. The van der Waals surface area contributed by atoms with Gasteiger partial charge >= 0.3 is 6.18 Å². The first-order valence-corrected chi connectivity index (χ1v) is 10.7. The Kier molecular flexibility index (Phi) is 7.44. The Labute approximate surface area is 193 Å². The number of anilines is 2. The van der Waals surface area contributed by atoms with E-state index in [-0.39, 0.29) is 30.2 Å². The SMILES string of the molecule is CC(F)(F)COc1ncncc1CNc1ncc(C(F)(F)F)c(N[C@@H]2CC[C@H](O)C(C)(C)C2)n1. The van der Waals surface area contributed by atoms with Crippen LogP contribution in [0.4, 0.5) is 33.7 Å². The van der Waals surface area contributed by atoms with E-state index >= 15 is 0 Å². The van der Waals surface area contributed by atoms with Gasteiger partial charge in [0.15, 0.2) is 6.61 Å². The molecule has 13 heteroatoms. The monoisotopic (exact) mass is 490 g/mol. The van der Waals surface area contributed by atoms with Gasteiger partial charge in [-0.15, -0.1) is 0 Å². The molecule has 0 amide bonds.